The lowest BCUT2D eigenvalue weighted by Gasteiger charge is -2.07. The summed E-state index contributed by atoms with van der Waals surface area (Å²) < 4.78 is 7.14. The molecule has 0 aliphatic rings. The van der Waals surface area contributed by atoms with Gasteiger partial charge in [0.05, 0.1) is 17.9 Å². The Kier molecular flexibility index (Phi) is 7.42. The maximum Gasteiger partial charge on any atom is 0.263 e. The van der Waals surface area contributed by atoms with Crippen LogP contribution in [0.3, 0.4) is 0 Å². The van der Waals surface area contributed by atoms with Crippen LogP contribution in [0.2, 0.25) is 0 Å². The number of ether oxygens (including phenoxy) is 1. The molecule has 8 heteroatoms. The summed E-state index contributed by atoms with van der Waals surface area (Å²) in [6.07, 6.45) is 2.95. The summed E-state index contributed by atoms with van der Waals surface area (Å²) in [6.45, 7) is 4.33. The topological polar surface area (TPSA) is 85.6 Å². The SMILES string of the molecule is Cc1ccc(COc2ccc(/C=N/NC(=O)Cn3cnc4sc(C)c(-c5ccccc5)c4c3=O)cc2)cc1. The molecule has 0 unspecified atom stereocenters. The molecule has 5 rings (SSSR count). The van der Waals surface area contributed by atoms with Crippen molar-refractivity contribution in [2.45, 2.75) is 27.0 Å². The lowest BCUT2D eigenvalue weighted by molar-refractivity contribution is -0.121. The second-order valence-corrected chi connectivity index (χ2v) is 10.1. The predicted molar refractivity (Wildman–Crippen MR) is 152 cm³/mol. The van der Waals surface area contributed by atoms with E-state index in [2.05, 4.69) is 34.6 Å². The third-order valence-corrected chi connectivity index (χ3v) is 7.05. The predicted octanol–water partition coefficient (Wildman–Crippen LogP) is 5.47. The molecular formula is C30H26N4O3S. The van der Waals surface area contributed by atoms with Gasteiger partial charge < -0.3 is 4.74 Å². The molecule has 0 saturated carbocycles. The van der Waals surface area contributed by atoms with Crippen LogP contribution in [-0.2, 0) is 17.9 Å². The Morgan fingerprint density at radius 2 is 1.76 bits per heavy atom. The third kappa shape index (κ3) is 5.71. The second-order valence-electron chi connectivity index (χ2n) is 8.89. The van der Waals surface area contributed by atoms with Crippen molar-refractivity contribution in [2.75, 3.05) is 0 Å². The van der Waals surface area contributed by atoms with Gasteiger partial charge in [0.25, 0.3) is 11.5 Å². The fourth-order valence-electron chi connectivity index (χ4n) is 4.07. The highest BCUT2D eigenvalue weighted by Gasteiger charge is 2.17. The fraction of sp³-hybridized carbons (Fsp3) is 0.133. The quantitative estimate of drug-likeness (QED) is 0.216. The van der Waals surface area contributed by atoms with Gasteiger partial charge in [-0.1, -0.05) is 60.2 Å². The monoisotopic (exact) mass is 522 g/mol. The molecule has 0 atom stereocenters. The molecule has 1 amide bonds. The number of thiophene rings is 1. The lowest BCUT2D eigenvalue weighted by Crippen LogP contribution is -2.30. The minimum Gasteiger partial charge on any atom is -0.489 e. The van der Waals surface area contributed by atoms with Crippen molar-refractivity contribution in [3.8, 4) is 16.9 Å². The Bertz CT molecular complexity index is 1650. The molecule has 2 aromatic heterocycles. The van der Waals surface area contributed by atoms with Crippen LogP contribution in [0.15, 0.2) is 95.1 Å². The van der Waals surface area contributed by atoms with E-state index in [1.54, 1.807) is 6.21 Å². The van der Waals surface area contributed by atoms with Gasteiger partial charge in [-0.3, -0.25) is 14.2 Å². The van der Waals surface area contributed by atoms with Crippen molar-refractivity contribution in [3.05, 3.63) is 117 Å². The molecule has 0 aliphatic carbocycles. The molecule has 0 fully saturated rings. The van der Waals surface area contributed by atoms with Crippen LogP contribution in [0.25, 0.3) is 21.3 Å². The highest BCUT2D eigenvalue weighted by atomic mass is 32.1. The zero-order valence-electron chi connectivity index (χ0n) is 21.0. The van der Waals surface area contributed by atoms with Gasteiger partial charge in [-0.25, -0.2) is 10.4 Å². The largest absolute Gasteiger partial charge is 0.489 e. The molecule has 5 aromatic rings. The average Bonchev–Trinajstić information content (AvgIpc) is 3.28. The number of aryl methyl sites for hydroxylation is 2. The number of amides is 1. The van der Waals surface area contributed by atoms with E-state index in [4.69, 9.17) is 4.74 Å². The molecular weight excluding hydrogens is 496 g/mol. The number of fused-ring (bicyclic) bond motifs is 1. The van der Waals surface area contributed by atoms with E-state index in [1.807, 2.05) is 73.7 Å². The maximum atomic E-state index is 13.3. The van der Waals surface area contributed by atoms with Crippen molar-refractivity contribution >= 4 is 33.7 Å². The Morgan fingerprint density at radius 1 is 1.03 bits per heavy atom. The summed E-state index contributed by atoms with van der Waals surface area (Å²) in [5, 5.41) is 4.56. The first kappa shape index (κ1) is 25.1. The molecule has 7 nitrogen and oxygen atoms in total. The smallest absolute Gasteiger partial charge is 0.263 e. The van der Waals surface area contributed by atoms with Gasteiger partial charge in [-0.15, -0.1) is 11.3 Å². The Balaban J connectivity index is 1.21. The van der Waals surface area contributed by atoms with Crippen LogP contribution >= 0.6 is 11.3 Å². The lowest BCUT2D eigenvalue weighted by atomic mass is 10.0. The number of carbonyl (C=O) groups excluding carboxylic acids is 1. The van der Waals surface area contributed by atoms with Crippen molar-refractivity contribution in [2.24, 2.45) is 5.10 Å². The van der Waals surface area contributed by atoms with Crippen LogP contribution < -0.4 is 15.7 Å². The first-order valence-electron chi connectivity index (χ1n) is 12.1. The number of carbonyl (C=O) groups is 1. The minimum atomic E-state index is -0.421. The minimum absolute atomic E-state index is 0.186. The highest BCUT2D eigenvalue weighted by Crippen LogP contribution is 2.35. The third-order valence-electron chi connectivity index (χ3n) is 6.04. The molecule has 38 heavy (non-hydrogen) atoms. The molecule has 1 N–H and O–H groups in total. The van der Waals surface area contributed by atoms with E-state index < -0.39 is 5.91 Å². The molecule has 0 radical (unpaired) electrons. The molecule has 190 valence electrons. The van der Waals surface area contributed by atoms with Crippen LogP contribution in [0.5, 0.6) is 5.75 Å². The first-order valence-corrected chi connectivity index (χ1v) is 12.9. The number of rotatable bonds is 8. The van der Waals surface area contributed by atoms with Gasteiger partial charge in [0.1, 0.15) is 23.7 Å². The van der Waals surface area contributed by atoms with E-state index >= 15 is 0 Å². The number of aromatic nitrogens is 2. The van der Waals surface area contributed by atoms with Crippen LogP contribution in [0.4, 0.5) is 0 Å². The van der Waals surface area contributed by atoms with Crippen LogP contribution in [0.1, 0.15) is 21.6 Å². The molecule has 0 aliphatic heterocycles. The summed E-state index contributed by atoms with van der Waals surface area (Å²) in [5.41, 5.74) is 7.16. The average molecular weight is 523 g/mol. The normalized spacial score (nSPS) is 11.2. The number of hydrazone groups is 1. The van der Waals surface area contributed by atoms with Gasteiger partial charge in [-0.2, -0.15) is 5.10 Å². The number of nitrogens with one attached hydrogen (secondary N) is 1. The molecule has 2 heterocycles. The standard InChI is InChI=1S/C30H26N4O3S/c1-20-8-10-23(11-9-20)18-37-25-14-12-22(13-15-25)16-32-33-26(35)17-34-19-31-29-28(30(34)36)27(21(2)38-29)24-6-4-3-5-7-24/h3-16,19H,17-18H2,1-2H3,(H,33,35)/b32-16+. The van der Waals surface area contributed by atoms with E-state index in [0.29, 0.717) is 16.8 Å². The fourth-order valence-corrected chi connectivity index (χ4v) is 5.08. The van der Waals surface area contributed by atoms with Gasteiger partial charge >= 0.3 is 0 Å². The van der Waals surface area contributed by atoms with Crippen LogP contribution in [0, 0.1) is 13.8 Å². The zero-order valence-corrected chi connectivity index (χ0v) is 21.9. The number of hydrogen-bond donors (Lipinski definition) is 1. The van der Waals surface area contributed by atoms with Gasteiger partial charge in [-0.05, 0) is 54.8 Å². The Morgan fingerprint density at radius 3 is 2.50 bits per heavy atom. The summed E-state index contributed by atoms with van der Waals surface area (Å²) in [5.74, 6) is 0.323. The summed E-state index contributed by atoms with van der Waals surface area (Å²) in [6, 6.07) is 25.4. The molecule has 0 saturated heterocycles. The first-order chi connectivity index (χ1) is 18.5. The van der Waals surface area contributed by atoms with Gasteiger partial charge in [0.15, 0.2) is 0 Å². The van der Waals surface area contributed by atoms with Gasteiger partial charge in [0, 0.05) is 10.4 Å². The Labute approximate surface area is 224 Å². The number of hydrogen-bond acceptors (Lipinski definition) is 6. The second kappa shape index (κ2) is 11.2. The van der Waals surface area contributed by atoms with E-state index in [-0.39, 0.29) is 12.1 Å². The van der Waals surface area contributed by atoms with E-state index in [0.717, 1.165) is 32.9 Å². The van der Waals surface area contributed by atoms with Crippen molar-refractivity contribution in [3.63, 3.8) is 0 Å². The summed E-state index contributed by atoms with van der Waals surface area (Å²) >= 11 is 1.47. The van der Waals surface area contributed by atoms with E-state index in [1.165, 1.54) is 27.8 Å². The molecule has 0 bridgehead atoms. The number of nitrogens with zero attached hydrogens (tertiary/aromatic N) is 3. The number of benzene rings is 3. The van der Waals surface area contributed by atoms with Gasteiger partial charge in [0.2, 0.25) is 0 Å². The summed E-state index contributed by atoms with van der Waals surface area (Å²) in [4.78, 5) is 31.9. The maximum absolute atomic E-state index is 13.3. The Hall–Kier alpha value is -4.56. The van der Waals surface area contributed by atoms with Crippen LogP contribution in [-0.4, -0.2) is 21.7 Å². The van der Waals surface area contributed by atoms with Crippen molar-refractivity contribution in [1.82, 2.24) is 15.0 Å². The van der Waals surface area contributed by atoms with Crippen molar-refractivity contribution in [1.29, 1.82) is 0 Å². The highest BCUT2D eigenvalue weighted by molar-refractivity contribution is 7.19. The molecule has 0 spiro atoms. The van der Waals surface area contributed by atoms with Crippen molar-refractivity contribution < 1.29 is 9.53 Å². The zero-order chi connectivity index (χ0) is 26.5. The van der Waals surface area contributed by atoms with E-state index in [9.17, 15) is 9.59 Å². The summed E-state index contributed by atoms with van der Waals surface area (Å²) in [7, 11) is 0. The molecule has 3 aromatic carbocycles.